The fourth-order valence-corrected chi connectivity index (χ4v) is 4.09. The van der Waals surface area contributed by atoms with Gasteiger partial charge in [0.1, 0.15) is 19.5 Å². The number of hydrogen-bond donors (Lipinski definition) is 1. The third-order valence-electron chi connectivity index (χ3n) is 5.85. The SMILES string of the molecule is CO/N=C(/CCC1CCNCC1)c1ccc(COc2ccc(C#N)cc2)c(CN(C)C)c1. The summed E-state index contributed by atoms with van der Waals surface area (Å²) in [5.41, 5.74) is 5.10. The molecule has 2 aromatic carbocycles. The largest absolute Gasteiger partial charge is 0.489 e. The van der Waals surface area contributed by atoms with Gasteiger partial charge >= 0.3 is 0 Å². The first-order valence-electron chi connectivity index (χ1n) is 11.3. The fraction of sp³-hybridized carbons (Fsp3) is 0.462. The van der Waals surface area contributed by atoms with Gasteiger partial charge in [0.2, 0.25) is 0 Å². The maximum atomic E-state index is 8.96. The molecule has 0 radical (unpaired) electrons. The van der Waals surface area contributed by atoms with Crippen molar-refractivity contribution >= 4 is 5.71 Å². The van der Waals surface area contributed by atoms with E-state index in [0.29, 0.717) is 12.2 Å². The molecular weight excluding hydrogens is 400 g/mol. The Bertz CT molecular complexity index is 926. The molecule has 3 rings (SSSR count). The first kappa shape index (κ1) is 23.8. The fourth-order valence-electron chi connectivity index (χ4n) is 4.09. The van der Waals surface area contributed by atoms with Gasteiger partial charge in [-0.15, -0.1) is 0 Å². The van der Waals surface area contributed by atoms with Gasteiger partial charge in [0.25, 0.3) is 0 Å². The molecule has 0 amide bonds. The molecule has 0 spiro atoms. The van der Waals surface area contributed by atoms with Gasteiger partial charge < -0.3 is 19.8 Å². The maximum Gasteiger partial charge on any atom is 0.119 e. The molecule has 2 aromatic rings. The van der Waals surface area contributed by atoms with Gasteiger partial charge in [0.05, 0.1) is 17.3 Å². The Morgan fingerprint density at radius 3 is 2.53 bits per heavy atom. The standard InChI is InChI=1S/C26H34N4O2/c1-30(2)18-24-16-22(26(29-31-3)11-6-20-12-14-28-15-13-20)7-8-23(24)19-32-25-9-4-21(17-27)5-10-25/h4-5,7-10,16,20,28H,6,11-15,18-19H2,1-3H3/b29-26-. The van der Waals surface area contributed by atoms with Crippen LogP contribution in [0.1, 0.15) is 47.9 Å². The number of nitrogens with zero attached hydrogens (tertiary/aromatic N) is 3. The van der Waals surface area contributed by atoms with Crippen molar-refractivity contribution in [3.05, 3.63) is 64.7 Å². The van der Waals surface area contributed by atoms with Crippen LogP contribution < -0.4 is 10.1 Å². The second kappa shape index (κ2) is 12.2. The third kappa shape index (κ3) is 7.08. The van der Waals surface area contributed by atoms with Crippen LogP contribution in [0.2, 0.25) is 0 Å². The van der Waals surface area contributed by atoms with E-state index in [2.05, 4.69) is 53.7 Å². The van der Waals surface area contributed by atoms with Crippen molar-refractivity contribution in [2.45, 2.75) is 38.8 Å². The zero-order valence-corrected chi connectivity index (χ0v) is 19.4. The summed E-state index contributed by atoms with van der Waals surface area (Å²) in [5.74, 6) is 1.51. The summed E-state index contributed by atoms with van der Waals surface area (Å²) in [6, 6.07) is 15.8. The zero-order valence-electron chi connectivity index (χ0n) is 19.4. The van der Waals surface area contributed by atoms with Crippen LogP contribution in [0.5, 0.6) is 5.75 Å². The van der Waals surface area contributed by atoms with Crippen molar-refractivity contribution in [2.75, 3.05) is 34.3 Å². The average molecular weight is 435 g/mol. The lowest BCUT2D eigenvalue weighted by Gasteiger charge is -2.23. The molecular formula is C26H34N4O2. The zero-order chi connectivity index (χ0) is 22.8. The van der Waals surface area contributed by atoms with Gasteiger partial charge in [-0.2, -0.15) is 5.26 Å². The number of oxime groups is 1. The number of ether oxygens (including phenoxy) is 1. The van der Waals surface area contributed by atoms with E-state index in [1.54, 1.807) is 19.2 Å². The number of nitriles is 1. The van der Waals surface area contributed by atoms with E-state index in [1.807, 2.05) is 12.1 Å². The predicted molar refractivity (Wildman–Crippen MR) is 128 cm³/mol. The molecule has 1 aliphatic rings. The minimum Gasteiger partial charge on any atom is -0.489 e. The number of rotatable bonds is 10. The number of piperidine rings is 1. The molecule has 0 bridgehead atoms. The van der Waals surface area contributed by atoms with Crippen LogP contribution in [-0.2, 0) is 18.0 Å². The van der Waals surface area contributed by atoms with Gasteiger partial charge in [0.15, 0.2) is 0 Å². The van der Waals surface area contributed by atoms with Crippen LogP contribution in [0.25, 0.3) is 0 Å². The molecule has 1 aliphatic heterocycles. The molecule has 6 nitrogen and oxygen atoms in total. The van der Waals surface area contributed by atoms with Crippen LogP contribution in [0, 0.1) is 17.2 Å². The highest BCUT2D eigenvalue weighted by Crippen LogP contribution is 2.23. The van der Waals surface area contributed by atoms with Crippen molar-refractivity contribution in [3.63, 3.8) is 0 Å². The molecule has 6 heteroatoms. The summed E-state index contributed by atoms with van der Waals surface area (Å²) >= 11 is 0. The highest BCUT2D eigenvalue weighted by molar-refractivity contribution is 6.00. The molecule has 1 fully saturated rings. The molecule has 32 heavy (non-hydrogen) atoms. The van der Waals surface area contributed by atoms with Crippen LogP contribution in [-0.4, -0.2) is 44.9 Å². The first-order chi connectivity index (χ1) is 15.6. The van der Waals surface area contributed by atoms with E-state index in [1.165, 1.54) is 18.4 Å². The molecule has 0 saturated carbocycles. The summed E-state index contributed by atoms with van der Waals surface area (Å²) in [6.45, 7) is 3.51. The smallest absolute Gasteiger partial charge is 0.119 e. The summed E-state index contributed by atoms with van der Waals surface area (Å²) in [6.07, 6.45) is 4.52. The summed E-state index contributed by atoms with van der Waals surface area (Å²) in [4.78, 5) is 7.35. The average Bonchev–Trinajstić information content (AvgIpc) is 2.81. The minimum atomic E-state index is 0.473. The molecule has 0 atom stereocenters. The van der Waals surface area contributed by atoms with Crippen LogP contribution in [0.4, 0.5) is 0 Å². The van der Waals surface area contributed by atoms with Crippen molar-refractivity contribution in [2.24, 2.45) is 11.1 Å². The lowest BCUT2D eigenvalue weighted by molar-refractivity contribution is 0.212. The highest BCUT2D eigenvalue weighted by Gasteiger charge is 2.16. The molecule has 1 N–H and O–H groups in total. The number of hydrogen-bond acceptors (Lipinski definition) is 6. The Balaban J connectivity index is 1.73. The summed E-state index contributed by atoms with van der Waals surface area (Å²) < 4.78 is 6.00. The maximum absolute atomic E-state index is 8.96. The minimum absolute atomic E-state index is 0.473. The molecule has 0 aromatic heterocycles. The molecule has 0 aliphatic carbocycles. The summed E-state index contributed by atoms with van der Waals surface area (Å²) in [5, 5.41) is 16.8. The Morgan fingerprint density at radius 1 is 1.12 bits per heavy atom. The van der Waals surface area contributed by atoms with E-state index in [9.17, 15) is 0 Å². The van der Waals surface area contributed by atoms with E-state index in [0.717, 1.165) is 61.0 Å². The monoisotopic (exact) mass is 434 g/mol. The lowest BCUT2D eigenvalue weighted by atomic mass is 9.90. The Kier molecular flexibility index (Phi) is 9.09. The molecule has 1 saturated heterocycles. The third-order valence-corrected chi connectivity index (χ3v) is 5.85. The van der Waals surface area contributed by atoms with Gasteiger partial charge in [-0.25, -0.2) is 0 Å². The van der Waals surface area contributed by atoms with E-state index in [4.69, 9.17) is 14.8 Å². The quantitative estimate of drug-likeness (QED) is 0.445. The predicted octanol–water partition coefficient (Wildman–Crippen LogP) is 4.33. The van der Waals surface area contributed by atoms with Gasteiger partial charge in [-0.1, -0.05) is 17.3 Å². The van der Waals surface area contributed by atoms with Crippen molar-refractivity contribution < 1.29 is 9.57 Å². The highest BCUT2D eigenvalue weighted by atomic mass is 16.6. The first-order valence-corrected chi connectivity index (χ1v) is 11.3. The Morgan fingerprint density at radius 2 is 1.88 bits per heavy atom. The molecule has 170 valence electrons. The van der Waals surface area contributed by atoms with Crippen molar-refractivity contribution in [3.8, 4) is 11.8 Å². The van der Waals surface area contributed by atoms with Crippen molar-refractivity contribution in [1.29, 1.82) is 5.26 Å². The van der Waals surface area contributed by atoms with Gasteiger partial charge in [-0.3, -0.25) is 0 Å². The normalized spacial score (nSPS) is 14.9. The van der Waals surface area contributed by atoms with E-state index in [-0.39, 0.29) is 0 Å². The van der Waals surface area contributed by atoms with Crippen LogP contribution in [0.15, 0.2) is 47.6 Å². The lowest BCUT2D eigenvalue weighted by Crippen LogP contribution is -2.28. The van der Waals surface area contributed by atoms with E-state index < -0.39 is 0 Å². The van der Waals surface area contributed by atoms with E-state index >= 15 is 0 Å². The summed E-state index contributed by atoms with van der Waals surface area (Å²) in [7, 11) is 5.75. The molecule has 1 heterocycles. The number of nitrogens with one attached hydrogen (secondary N) is 1. The second-order valence-electron chi connectivity index (χ2n) is 8.60. The van der Waals surface area contributed by atoms with Crippen LogP contribution >= 0.6 is 0 Å². The van der Waals surface area contributed by atoms with Gasteiger partial charge in [0, 0.05) is 6.54 Å². The Hall–Kier alpha value is -2.88. The van der Waals surface area contributed by atoms with Crippen LogP contribution in [0.3, 0.4) is 0 Å². The van der Waals surface area contributed by atoms with Gasteiger partial charge in [-0.05, 0) is 106 Å². The van der Waals surface area contributed by atoms with Crippen molar-refractivity contribution in [1.82, 2.24) is 10.2 Å². The second-order valence-corrected chi connectivity index (χ2v) is 8.60. The Labute approximate surface area is 191 Å². The number of benzene rings is 2. The topological polar surface area (TPSA) is 69.9 Å². The molecule has 0 unspecified atom stereocenters.